The molecule has 0 fully saturated rings. The molecular formula is C21H21ClN4O. The van der Waals surface area contributed by atoms with Crippen LogP contribution in [0.25, 0.3) is 0 Å². The van der Waals surface area contributed by atoms with Crippen molar-refractivity contribution in [2.75, 3.05) is 11.9 Å². The molecule has 0 aliphatic rings. The fourth-order valence-corrected chi connectivity index (χ4v) is 2.72. The Balaban J connectivity index is 1.48. The third kappa shape index (κ3) is 5.53. The molecule has 0 atom stereocenters. The highest BCUT2D eigenvalue weighted by molar-refractivity contribution is 6.30. The van der Waals surface area contributed by atoms with Crippen LogP contribution in [0.2, 0.25) is 5.02 Å². The Morgan fingerprint density at radius 1 is 1.04 bits per heavy atom. The number of aryl methyl sites for hydroxylation is 1. The monoisotopic (exact) mass is 380 g/mol. The van der Waals surface area contributed by atoms with E-state index in [-0.39, 0.29) is 5.91 Å². The van der Waals surface area contributed by atoms with Crippen LogP contribution in [-0.4, -0.2) is 22.4 Å². The molecule has 0 saturated heterocycles. The molecule has 3 aromatic rings. The molecule has 1 amide bonds. The molecule has 0 aliphatic carbocycles. The van der Waals surface area contributed by atoms with Gasteiger partial charge in [0.15, 0.2) is 0 Å². The number of aromatic nitrogens is 2. The van der Waals surface area contributed by atoms with Gasteiger partial charge in [0, 0.05) is 18.1 Å². The van der Waals surface area contributed by atoms with Crippen LogP contribution >= 0.6 is 11.6 Å². The van der Waals surface area contributed by atoms with Gasteiger partial charge in [0.05, 0.1) is 12.4 Å². The van der Waals surface area contributed by atoms with Gasteiger partial charge < -0.3 is 10.6 Å². The fraction of sp³-hybridized carbons (Fsp3) is 0.190. The summed E-state index contributed by atoms with van der Waals surface area (Å²) in [5, 5.41) is 6.78. The molecule has 27 heavy (non-hydrogen) atoms. The van der Waals surface area contributed by atoms with E-state index in [0.717, 1.165) is 12.0 Å². The van der Waals surface area contributed by atoms with Crippen molar-refractivity contribution in [1.29, 1.82) is 0 Å². The summed E-state index contributed by atoms with van der Waals surface area (Å²) in [7, 11) is 0. The largest absolute Gasteiger partial charge is 0.365 e. The van der Waals surface area contributed by atoms with Gasteiger partial charge in [-0.1, -0.05) is 48.0 Å². The predicted octanol–water partition coefficient (Wildman–Crippen LogP) is 4.02. The first-order valence-corrected chi connectivity index (χ1v) is 9.12. The Hall–Kier alpha value is -2.92. The zero-order valence-corrected chi connectivity index (χ0v) is 15.8. The summed E-state index contributed by atoms with van der Waals surface area (Å²) in [6, 6.07) is 15.7. The summed E-state index contributed by atoms with van der Waals surface area (Å²) in [4.78, 5) is 20.6. The second-order valence-electron chi connectivity index (χ2n) is 6.20. The molecule has 0 saturated carbocycles. The van der Waals surface area contributed by atoms with Gasteiger partial charge in [-0.3, -0.25) is 4.79 Å². The maximum Gasteiger partial charge on any atom is 0.271 e. The van der Waals surface area contributed by atoms with Gasteiger partial charge in [0.2, 0.25) is 0 Å². The maximum atomic E-state index is 12.2. The molecule has 138 valence electrons. The van der Waals surface area contributed by atoms with Crippen LogP contribution in [0, 0.1) is 6.92 Å². The van der Waals surface area contributed by atoms with Gasteiger partial charge in [0.25, 0.3) is 5.91 Å². The van der Waals surface area contributed by atoms with Gasteiger partial charge in [-0.2, -0.15) is 0 Å². The summed E-state index contributed by atoms with van der Waals surface area (Å²) in [6.07, 6.45) is 3.79. The highest BCUT2D eigenvalue weighted by Crippen LogP contribution is 2.11. The Kier molecular flexibility index (Phi) is 6.39. The zero-order chi connectivity index (χ0) is 19.1. The van der Waals surface area contributed by atoms with Crippen LogP contribution < -0.4 is 10.6 Å². The molecule has 1 heterocycles. The van der Waals surface area contributed by atoms with E-state index in [4.69, 9.17) is 11.6 Å². The molecule has 0 radical (unpaired) electrons. The zero-order valence-electron chi connectivity index (χ0n) is 15.1. The lowest BCUT2D eigenvalue weighted by Crippen LogP contribution is -2.26. The van der Waals surface area contributed by atoms with E-state index in [2.05, 4.69) is 39.7 Å². The summed E-state index contributed by atoms with van der Waals surface area (Å²) in [6.45, 7) is 3.25. The number of hydrogen-bond donors (Lipinski definition) is 2. The smallest absolute Gasteiger partial charge is 0.271 e. The molecule has 0 aliphatic heterocycles. The Morgan fingerprint density at radius 3 is 2.52 bits per heavy atom. The average molecular weight is 381 g/mol. The van der Waals surface area contributed by atoms with Crippen LogP contribution in [0.3, 0.4) is 0 Å². The molecule has 3 rings (SSSR count). The number of nitrogens with one attached hydrogen (secondary N) is 2. The van der Waals surface area contributed by atoms with Crippen LogP contribution in [0.5, 0.6) is 0 Å². The highest BCUT2D eigenvalue weighted by atomic mass is 35.5. The van der Waals surface area contributed by atoms with Crippen molar-refractivity contribution in [1.82, 2.24) is 15.3 Å². The third-order valence-corrected chi connectivity index (χ3v) is 4.47. The standard InChI is InChI=1S/C21H21ClN4O/c1-15-4-2-3-5-17(15)12-25-20-14-24-19(13-26-20)21(27)23-11-10-16-6-8-18(22)9-7-16/h2-9,13-14H,10-12H2,1H3,(H,23,27)(H,25,26). The van der Waals surface area contributed by atoms with Crippen LogP contribution in [0.15, 0.2) is 60.9 Å². The van der Waals surface area contributed by atoms with E-state index in [9.17, 15) is 4.79 Å². The third-order valence-electron chi connectivity index (χ3n) is 4.22. The summed E-state index contributed by atoms with van der Waals surface area (Å²) in [5.74, 6) is 0.401. The lowest BCUT2D eigenvalue weighted by Gasteiger charge is -2.09. The van der Waals surface area contributed by atoms with Gasteiger partial charge in [0.1, 0.15) is 11.5 Å². The molecule has 0 unspecified atom stereocenters. The second kappa shape index (κ2) is 9.14. The van der Waals surface area contributed by atoms with Crippen LogP contribution in [-0.2, 0) is 13.0 Å². The van der Waals surface area contributed by atoms with Gasteiger partial charge in [-0.25, -0.2) is 9.97 Å². The summed E-state index contributed by atoms with van der Waals surface area (Å²) < 4.78 is 0. The van der Waals surface area contributed by atoms with Crippen molar-refractivity contribution in [3.8, 4) is 0 Å². The Morgan fingerprint density at radius 2 is 1.81 bits per heavy atom. The molecule has 0 bridgehead atoms. The van der Waals surface area contributed by atoms with Gasteiger partial charge in [-0.05, 0) is 42.2 Å². The molecule has 1 aromatic heterocycles. The summed E-state index contributed by atoms with van der Waals surface area (Å²) >= 11 is 5.86. The molecular weight excluding hydrogens is 360 g/mol. The number of halogens is 1. The first kappa shape index (κ1) is 18.9. The minimum atomic E-state index is -0.234. The normalized spacial score (nSPS) is 10.4. The SMILES string of the molecule is Cc1ccccc1CNc1cnc(C(=O)NCCc2ccc(Cl)cc2)cn1. The topological polar surface area (TPSA) is 66.9 Å². The number of amides is 1. The van der Waals surface area contributed by atoms with Gasteiger partial charge in [-0.15, -0.1) is 0 Å². The molecule has 5 nitrogen and oxygen atoms in total. The maximum absolute atomic E-state index is 12.2. The van der Waals surface area contributed by atoms with Crippen LogP contribution in [0.4, 0.5) is 5.82 Å². The second-order valence-corrected chi connectivity index (χ2v) is 6.64. The minimum absolute atomic E-state index is 0.234. The Bertz CT molecular complexity index is 895. The van der Waals surface area contributed by atoms with E-state index in [1.54, 1.807) is 6.20 Å². The van der Waals surface area contributed by atoms with Gasteiger partial charge >= 0.3 is 0 Å². The minimum Gasteiger partial charge on any atom is -0.365 e. The van der Waals surface area contributed by atoms with Crippen molar-refractivity contribution in [2.45, 2.75) is 19.9 Å². The first-order valence-electron chi connectivity index (χ1n) is 8.75. The fourth-order valence-electron chi connectivity index (χ4n) is 2.59. The van der Waals surface area contributed by atoms with Crippen molar-refractivity contribution < 1.29 is 4.79 Å². The number of hydrogen-bond acceptors (Lipinski definition) is 4. The van der Waals surface area contributed by atoms with E-state index >= 15 is 0 Å². The summed E-state index contributed by atoms with van der Waals surface area (Å²) in [5.41, 5.74) is 3.83. The van der Waals surface area contributed by atoms with Crippen LogP contribution in [0.1, 0.15) is 27.2 Å². The van der Waals surface area contributed by atoms with E-state index in [1.165, 1.54) is 17.3 Å². The lowest BCUT2D eigenvalue weighted by molar-refractivity contribution is 0.0949. The quantitative estimate of drug-likeness (QED) is 0.649. The number of rotatable bonds is 7. The number of benzene rings is 2. The van der Waals surface area contributed by atoms with Crippen molar-refractivity contribution in [3.63, 3.8) is 0 Å². The predicted molar refractivity (Wildman–Crippen MR) is 108 cm³/mol. The number of anilines is 1. The van der Waals surface area contributed by atoms with Crippen molar-refractivity contribution in [3.05, 3.63) is 88.3 Å². The van der Waals surface area contributed by atoms with Crippen molar-refractivity contribution >= 4 is 23.3 Å². The van der Waals surface area contributed by atoms with E-state index < -0.39 is 0 Å². The Labute approximate surface area is 163 Å². The lowest BCUT2D eigenvalue weighted by atomic mass is 10.1. The van der Waals surface area contributed by atoms with Crippen molar-refractivity contribution in [2.24, 2.45) is 0 Å². The van der Waals surface area contributed by atoms with E-state index in [1.807, 2.05) is 36.4 Å². The molecule has 2 N–H and O–H groups in total. The first-order chi connectivity index (χ1) is 13.1. The molecule has 0 spiro atoms. The molecule has 6 heteroatoms. The number of nitrogens with zero attached hydrogens (tertiary/aromatic N) is 2. The highest BCUT2D eigenvalue weighted by Gasteiger charge is 2.08. The molecule has 2 aromatic carbocycles. The number of carbonyl (C=O) groups excluding carboxylic acids is 1. The van der Waals surface area contributed by atoms with E-state index in [0.29, 0.717) is 29.6 Å². The average Bonchev–Trinajstić information content (AvgIpc) is 2.69. The number of carbonyl (C=O) groups is 1.